The lowest BCUT2D eigenvalue weighted by Crippen LogP contribution is -2.46. The van der Waals surface area contributed by atoms with E-state index >= 15 is 0 Å². The summed E-state index contributed by atoms with van der Waals surface area (Å²) in [5, 5.41) is 14.0. The fourth-order valence-corrected chi connectivity index (χ4v) is 4.16. The van der Waals surface area contributed by atoms with Crippen LogP contribution in [0.25, 0.3) is 5.65 Å². The Balaban J connectivity index is 2.17. The fourth-order valence-electron chi connectivity index (χ4n) is 2.76. The molecular weight excluding hydrogens is 522 g/mol. The summed E-state index contributed by atoms with van der Waals surface area (Å²) < 4.78 is 14.0. The number of aromatic nitrogens is 3. The maximum Gasteiger partial charge on any atom is 0.413 e. The fraction of sp³-hybridized carbons (Fsp3) is 0.636. The van der Waals surface area contributed by atoms with Crippen molar-refractivity contribution in [2.75, 3.05) is 31.1 Å². The standard InChI is InChI=1S/C22H36BrN5O5Si/c1-21(2,3)33-20(31)26(13-14-32-34(7,8)22(4,5)6)11-12-27(19(29)30)17-9-10-28-18(25-17)16(23)15-24-28/h9-10,15H,11-14H2,1-8H3,(H,29,30). The summed E-state index contributed by atoms with van der Waals surface area (Å²) in [6.45, 7) is 16.9. The Kier molecular flexibility index (Phi) is 8.76. The number of carbonyl (C=O) groups is 2. The van der Waals surface area contributed by atoms with Gasteiger partial charge in [0.25, 0.3) is 0 Å². The van der Waals surface area contributed by atoms with Gasteiger partial charge in [-0.25, -0.2) is 19.1 Å². The van der Waals surface area contributed by atoms with Crippen LogP contribution in [-0.2, 0) is 9.16 Å². The van der Waals surface area contributed by atoms with Crippen LogP contribution < -0.4 is 4.90 Å². The number of carbonyl (C=O) groups excluding carboxylic acids is 1. The SMILES string of the molecule is CC(C)(C)OC(=O)N(CCO[Si](C)(C)C(C)(C)C)CCN(C(=O)O)c1ccn2ncc(Br)c2n1. The molecule has 2 aromatic rings. The number of amides is 2. The third-order valence-corrected chi connectivity index (χ3v) is 10.8. The summed E-state index contributed by atoms with van der Waals surface area (Å²) in [4.78, 5) is 31.9. The van der Waals surface area contributed by atoms with Crippen molar-refractivity contribution in [2.45, 2.75) is 65.3 Å². The Morgan fingerprint density at radius 3 is 2.35 bits per heavy atom. The first-order chi connectivity index (χ1) is 15.5. The largest absolute Gasteiger partial charge is 0.465 e. The molecule has 0 spiro atoms. The predicted octanol–water partition coefficient (Wildman–Crippen LogP) is 5.24. The first kappa shape index (κ1) is 28.1. The molecule has 0 atom stereocenters. The maximum atomic E-state index is 12.9. The highest BCUT2D eigenvalue weighted by Gasteiger charge is 2.37. The Hall–Kier alpha value is -2.18. The number of carboxylic acid groups (broad SMARTS) is 1. The lowest BCUT2D eigenvalue weighted by atomic mass is 10.2. The molecule has 1 N–H and O–H groups in total. The molecule has 12 heteroatoms. The van der Waals surface area contributed by atoms with Crippen LogP contribution in [-0.4, -0.2) is 77.0 Å². The molecule has 2 amide bonds. The van der Waals surface area contributed by atoms with Crippen molar-refractivity contribution < 1.29 is 23.9 Å². The molecular formula is C22H36BrN5O5Si. The lowest BCUT2D eigenvalue weighted by Gasteiger charge is -2.37. The Morgan fingerprint density at radius 1 is 1.15 bits per heavy atom. The molecule has 10 nitrogen and oxygen atoms in total. The highest BCUT2D eigenvalue weighted by molar-refractivity contribution is 9.10. The third kappa shape index (κ3) is 7.41. The van der Waals surface area contributed by atoms with Crippen LogP contribution in [0.4, 0.5) is 15.4 Å². The van der Waals surface area contributed by atoms with Gasteiger partial charge in [0.2, 0.25) is 0 Å². The molecule has 2 heterocycles. The lowest BCUT2D eigenvalue weighted by molar-refractivity contribution is 0.0227. The second-order valence-electron chi connectivity index (χ2n) is 10.6. The molecule has 190 valence electrons. The van der Waals surface area contributed by atoms with Gasteiger partial charge in [-0.05, 0) is 60.9 Å². The molecule has 2 aromatic heterocycles. The zero-order valence-electron chi connectivity index (χ0n) is 21.3. The van der Waals surface area contributed by atoms with Crippen molar-refractivity contribution in [1.82, 2.24) is 19.5 Å². The number of ether oxygens (including phenoxy) is 1. The molecule has 0 fully saturated rings. The Morgan fingerprint density at radius 2 is 1.79 bits per heavy atom. The summed E-state index contributed by atoms with van der Waals surface area (Å²) in [7, 11) is -2.00. The van der Waals surface area contributed by atoms with Crippen LogP contribution in [0.1, 0.15) is 41.5 Å². The molecule has 0 radical (unpaired) electrons. The molecule has 0 unspecified atom stereocenters. The van der Waals surface area contributed by atoms with Gasteiger partial charge < -0.3 is 19.2 Å². The van der Waals surface area contributed by atoms with Crippen molar-refractivity contribution in [2.24, 2.45) is 0 Å². The molecule has 0 saturated heterocycles. The zero-order chi connectivity index (χ0) is 25.9. The van der Waals surface area contributed by atoms with Crippen molar-refractivity contribution in [3.63, 3.8) is 0 Å². The minimum Gasteiger partial charge on any atom is -0.465 e. The second kappa shape index (κ2) is 10.6. The first-order valence-corrected chi connectivity index (χ1v) is 14.8. The summed E-state index contributed by atoms with van der Waals surface area (Å²) in [5.41, 5.74) is -0.182. The normalized spacial score (nSPS) is 12.6. The average Bonchev–Trinajstić information content (AvgIpc) is 3.04. The Labute approximate surface area is 210 Å². The molecule has 0 aliphatic carbocycles. The number of hydrogen-bond acceptors (Lipinski definition) is 6. The van der Waals surface area contributed by atoms with Crippen LogP contribution in [0.15, 0.2) is 22.9 Å². The number of nitrogens with zero attached hydrogens (tertiary/aromatic N) is 5. The van der Waals surface area contributed by atoms with Crippen LogP contribution in [0.2, 0.25) is 18.1 Å². The molecule has 0 bridgehead atoms. The quantitative estimate of drug-likeness (QED) is 0.442. The van der Waals surface area contributed by atoms with E-state index in [9.17, 15) is 14.7 Å². The first-order valence-electron chi connectivity index (χ1n) is 11.1. The van der Waals surface area contributed by atoms with Crippen LogP contribution >= 0.6 is 15.9 Å². The molecule has 0 aliphatic rings. The summed E-state index contributed by atoms with van der Waals surface area (Å²) >= 11 is 3.36. The molecule has 0 saturated carbocycles. The second-order valence-corrected chi connectivity index (χ2v) is 16.2. The minimum absolute atomic E-state index is 0.0175. The van der Waals surface area contributed by atoms with Crippen LogP contribution in [0.3, 0.4) is 0 Å². The average molecular weight is 559 g/mol. The van der Waals surface area contributed by atoms with E-state index in [-0.39, 0.29) is 30.5 Å². The van der Waals surface area contributed by atoms with E-state index in [2.05, 4.69) is 59.9 Å². The third-order valence-electron chi connectivity index (χ3n) is 5.69. The van der Waals surface area contributed by atoms with E-state index < -0.39 is 26.1 Å². The van der Waals surface area contributed by atoms with Gasteiger partial charge in [0.1, 0.15) is 11.4 Å². The summed E-state index contributed by atoms with van der Waals surface area (Å²) in [6.07, 6.45) is 1.54. The highest BCUT2D eigenvalue weighted by Crippen LogP contribution is 2.36. The van der Waals surface area contributed by atoms with Gasteiger partial charge >= 0.3 is 12.2 Å². The van der Waals surface area contributed by atoms with Gasteiger partial charge in [0.15, 0.2) is 14.0 Å². The van der Waals surface area contributed by atoms with Gasteiger partial charge in [0.05, 0.1) is 17.3 Å². The number of halogens is 1. The van der Waals surface area contributed by atoms with Crippen LogP contribution in [0.5, 0.6) is 0 Å². The monoisotopic (exact) mass is 557 g/mol. The molecule has 0 aliphatic heterocycles. The smallest absolute Gasteiger partial charge is 0.413 e. The van der Waals surface area contributed by atoms with Gasteiger partial charge in [-0.2, -0.15) is 5.10 Å². The molecule has 34 heavy (non-hydrogen) atoms. The van der Waals surface area contributed by atoms with Crippen LogP contribution in [0, 0.1) is 0 Å². The Bertz CT molecular complexity index is 1020. The van der Waals surface area contributed by atoms with Crippen molar-refractivity contribution >= 4 is 47.9 Å². The van der Waals surface area contributed by atoms with Crippen molar-refractivity contribution in [3.05, 3.63) is 22.9 Å². The summed E-state index contributed by atoms with van der Waals surface area (Å²) in [5.74, 6) is 0.239. The predicted molar refractivity (Wildman–Crippen MR) is 137 cm³/mol. The minimum atomic E-state index is -2.00. The van der Waals surface area contributed by atoms with E-state index in [1.165, 1.54) is 4.90 Å². The van der Waals surface area contributed by atoms with Crippen molar-refractivity contribution in [1.29, 1.82) is 0 Å². The number of hydrogen-bond donors (Lipinski definition) is 1. The number of rotatable bonds is 8. The van der Waals surface area contributed by atoms with Gasteiger partial charge in [-0.15, -0.1) is 0 Å². The van der Waals surface area contributed by atoms with E-state index in [0.717, 1.165) is 4.90 Å². The molecule has 2 rings (SSSR count). The maximum absolute atomic E-state index is 12.9. The van der Waals surface area contributed by atoms with Gasteiger partial charge in [-0.1, -0.05) is 20.8 Å². The topological polar surface area (TPSA) is 110 Å². The van der Waals surface area contributed by atoms with Gasteiger partial charge in [0, 0.05) is 25.8 Å². The van der Waals surface area contributed by atoms with E-state index in [0.29, 0.717) is 16.7 Å². The van der Waals surface area contributed by atoms with E-state index in [1.54, 1.807) is 43.7 Å². The van der Waals surface area contributed by atoms with E-state index in [4.69, 9.17) is 9.16 Å². The number of fused-ring (bicyclic) bond motifs is 1. The highest BCUT2D eigenvalue weighted by atomic mass is 79.9. The molecule has 0 aromatic carbocycles. The zero-order valence-corrected chi connectivity index (χ0v) is 23.8. The van der Waals surface area contributed by atoms with E-state index in [1.807, 2.05) is 0 Å². The van der Waals surface area contributed by atoms with Gasteiger partial charge in [-0.3, -0.25) is 4.90 Å². The number of anilines is 1. The summed E-state index contributed by atoms with van der Waals surface area (Å²) in [6, 6.07) is 1.57. The van der Waals surface area contributed by atoms with Crippen molar-refractivity contribution in [3.8, 4) is 0 Å².